The Balaban J connectivity index is 1.76. The Kier molecular flexibility index (Phi) is 2.95. The van der Waals surface area contributed by atoms with E-state index in [1.807, 2.05) is 0 Å². The molecule has 2 nitrogen and oxygen atoms in total. The second-order valence-electron chi connectivity index (χ2n) is 6.37. The van der Waals surface area contributed by atoms with Crippen LogP contribution in [0.25, 0.3) is 0 Å². The third-order valence-electron chi connectivity index (χ3n) is 4.90. The number of rotatable bonds is 2. The molecule has 0 radical (unpaired) electrons. The van der Waals surface area contributed by atoms with Crippen molar-refractivity contribution in [1.82, 2.24) is 0 Å². The van der Waals surface area contributed by atoms with E-state index in [9.17, 15) is 0 Å². The second kappa shape index (κ2) is 4.36. The van der Waals surface area contributed by atoms with Crippen LogP contribution < -0.4 is 5.73 Å². The first-order valence-electron chi connectivity index (χ1n) is 7.08. The molecule has 3 rings (SSSR count). The summed E-state index contributed by atoms with van der Waals surface area (Å²) in [5, 5.41) is 0. The average molecular weight is 245 g/mol. The van der Waals surface area contributed by atoms with Crippen LogP contribution in [0.5, 0.6) is 0 Å². The molecule has 2 heteroatoms. The summed E-state index contributed by atoms with van der Waals surface area (Å²) in [5.41, 5.74) is 9.07. The molecule has 1 fully saturated rings. The monoisotopic (exact) mass is 245 g/mol. The van der Waals surface area contributed by atoms with E-state index in [2.05, 4.69) is 38.1 Å². The van der Waals surface area contributed by atoms with Gasteiger partial charge in [-0.3, -0.25) is 0 Å². The van der Waals surface area contributed by atoms with Gasteiger partial charge in [-0.2, -0.15) is 0 Å². The second-order valence-corrected chi connectivity index (χ2v) is 6.37. The fraction of sp³-hybridized carbons (Fsp3) is 0.625. The molecule has 18 heavy (non-hydrogen) atoms. The van der Waals surface area contributed by atoms with E-state index in [1.165, 1.54) is 24.0 Å². The summed E-state index contributed by atoms with van der Waals surface area (Å²) >= 11 is 0. The van der Waals surface area contributed by atoms with Crippen LogP contribution in [0.1, 0.15) is 50.3 Å². The minimum absolute atomic E-state index is 0.131. The van der Waals surface area contributed by atoms with Crippen molar-refractivity contribution in [2.24, 2.45) is 11.1 Å². The molecule has 1 aromatic rings. The standard InChI is InChI=1S/C16H23NO/c1-16(2)14(17)10-15(16)18-13-9-5-7-11-6-3-4-8-12(11)13/h3-4,6,8,13-15H,5,7,9-10,17H2,1-2H3. The largest absolute Gasteiger partial charge is 0.370 e. The third kappa shape index (κ3) is 1.88. The van der Waals surface area contributed by atoms with Gasteiger partial charge in [-0.1, -0.05) is 38.1 Å². The van der Waals surface area contributed by atoms with Crippen LogP contribution in [0.2, 0.25) is 0 Å². The average Bonchev–Trinajstić information content (AvgIpc) is 2.39. The number of nitrogens with two attached hydrogens (primary N) is 1. The van der Waals surface area contributed by atoms with Gasteiger partial charge < -0.3 is 10.5 Å². The first-order valence-corrected chi connectivity index (χ1v) is 7.08. The van der Waals surface area contributed by atoms with Crippen molar-refractivity contribution in [3.8, 4) is 0 Å². The van der Waals surface area contributed by atoms with Gasteiger partial charge >= 0.3 is 0 Å². The molecule has 0 aliphatic heterocycles. The van der Waals surface area contributed by atoms with Crippen LogP contribution in [0.3, 0.4) is 0 Å². The van der Waals surface area contributed by atoms with Crippen molar-refractivity contribution < 1.29 is 4.74 Å². The summed E-state index contributed by atoms with van der Waals surface area (Å²) in [4.78, 5) is 0. The quantitative estimate of drug-likeness (QED) is 0.868. The molecule has 2 N–H and O–H groups in total. The summed E-state index contributed by atoms with van der Waals surface area (Å²) in [7, 11) is 0. The zero-order chi connectivity index (χ0) is 12.8. The number of aryl methyl sites for hydroxylation is 1. The molecule has 2 aliphatic carbocycles. The molecule has 1 saturated carbocycles. The molecule has 2 aliphatic rings. The van der Waals surface area contributed by atoms with Crippen molar-refractivity contribution in [2.75, 3.05) is 0 Å². The lowest BCUT2D eigenvalue weighted by atomic mass is 9.65. The Morgan fingerprint density at radius 2 is 2.06 bits per heavy atom. The minimum atomic E-state index is 0.131. The molecule has 0 bridgehead atoms. The molecule has 0 spiro atoms. The van der Waals surface area contributed by atoms with Crippen molar-refractivity contribution in [3.05, 3.63) is 35.4 Å². The summed E-state index contributed by atoms with van der Waals surface area (Å²) in [6.45, 7) is 4.45. The normalized spacial score (nSPS) is 33.6. The Hall–Kier alpha value is -0.860. The van der Waals surface area contributed by atoms with Gasteiger partial charge in [0.15, 0.2) is 0 Å². The summed E-state index contributed by atoms with van der Waals surface area (Å²) in [6.07, 6.45) is 5.20. The van der Waals surface area contributed by atoms with Gasteiger partial charge in [0.2, 0.25) is 0 Å². The van der Waals surface area contributed by atoms with Crippen molar-refractivity contribution in [2.45, 2.75) is 57.8 Å². The van der Waals surface area contributed by atoms with Crippen LogP contribution in [0, 0.1) is 5.41 Å². The van der Waals surface area contributed by atoms with Gasteiger partial charge in [0.25, 0.3) is 0 Å². The highest BCUT2D eigenvalue weighted by atomic mass is 16.5. The zero-order valence-corrected chi connectivity index (χ0v) is 11.4. The predicted octanol–water partition coefficient (Wildman–Crippen LogP) is 3.21. The van der Waals surface area contributed by atoms with E-state index in [1.54, 1.807) is 0 Å². The lowest BCUT2D eigenvalue weighted by molar-refractivity contribution is -0.145. The van der Waals surface area contributed by atoms with E-state index in [-0.39, 0.29) is 11.5 Å². The Morgan fingerprint density at radius 3 is 2.78 bits per heavy atom. The number of ether oxygens (including phenoxy) is 1. The molecule has 98 valence electrons. The molecule has 0 amide bonds. The van der Waals surface area contributed by atoms with Gasteiger partial charge in [0, 0.05) is 11.5 Å². The van der Waals surface area contributed by atoms with Crippen LogP contribution in [0.4, 0.5) is 0 Å². The third-order valence-corrected chi connectivity index (χ3v) is 4.90. The molecule has 3 atom stereocenters. The summed E-state index contributed by atoms with van der Waals surface area (Å²) < 4.78 is 6.36. The number of hydrogen-bond donors (Lipinski definition) is 1. The van der Waals surface area contributed by atoms with Crippen LogP contribution >= 0.6 is 0 Å². The topological polar surface area (TPSA) is 35.2 Å². The van der Waals surface area contributed by atoms with Gasteiger partial charge in [0.1, 0.15) is 0 Å². The van der Waals surface area contributed by atoms with Gasteiger partial charge in [0.05, 0.1) is 12.2 Å². The molecule has 0 aromatic heterocycles. The van der Waals surface area contributed by atoms with Crippen molar-refractivity contribution in [3.63, 3.8) is 0 Å². The van der Waals surface area contributed by atoms with Crippen molar-refractivity contribution >= 4 is 0 Å². The van der Waals surface area contributed by atoms with Gasteiger partial charge in [-0.25, -0.2) is 0 Å². The van der Waals surface area contributed by atoms with E-state index >= 15 is 0 Å². The van der Waals surface area contributed by atoms with E-state index in [4.69, 9.17) is 10.5 Å². The van der Waals surface area contributed by atoms with E-state index in [0.29, 0.717) is 12.1 Å². The minimum Gasteiger partial charge on any atom is -0.370 e. The number of benzene rings is 1. The SMILES string of the molecule is CC1(C)C(N)CC1OC1CCCc2ccccc21. The van der Waals surface area contributed by atoms with Crippen molar-refractivity contribution in [1.29, 1.82) is 0 Å². The molecule has 0 heterocycles. The highest BCUT2D eigenvalue weighted by Crippen LogP contribution is 2.45. The first-order chi connectivity index (χ1) is 8.59. The molecule has 1 aromatic carbocycles. The maximum Gasteiger partial charge on any atom is 0.0831 e. The van der Waals surface area contributed by atoms with Gasteiger partial charge in [-0.05, 0) is 36.8 Å². The van der Waals surface area contributed by atoms with Gasteiger partial charge in [-0.15, -0.1) is 0 Å². The Bertz CT molecular complexity index is 440. The highest BCUT2D eigenvalue weighted by Gasteiger charge is 2.48. The van der Waals surface area contributed by atoms with Crippen LogP contribution in [0.15, 0.2) is 24.3 Å². The molecule has 3 unspecified atom stereocenters. The number of fused-ring (bicyclic) bond motifs is 1. The summed E-state index contributed by atoms with van der Waals surface area (Å²) in [6, 6.07) is 9.01. The highest BCUT2D eigenvalue weighted by molar-refractivity contribution is 5.31. The van der Waals surface area contributed by atoms with E-state index in [0.717, 1.165) is 12.8 Å². The fourth-order valence-corrected chi connectivity index (χ4v) is 3.20. The maximum atomic E-state index is 6.36. The summed E-state index contributed by atoms with van der Waals surface area (Å²) in [5.74, 6) is 0. The van der Waals surface area contributed by atoms with E-state index < -0.39 is 0 Å². The maximum absolute atomic E-state index is 6.36. The van der Waals surface area contributed by atoms with Crippen LogP contribution in [-0.2, 0) is 11.2 Å². The molecular formula is C16H23NO. The fourth-order valence-electron chi connectivity index (χ4n) is 3.20. The lowest BCUT2D eigenvalue weighted by Crippen LogP contribution is -2.59. The molecule has 0 saturated heterocycles. The molecular weight excluding hydrogens is 222 g/mol. The predicted molar refractivity (Wildman–Crippen MR) is 73.4 cm³/mol. The Labute approximate surface area is 110 Å². The number of hydrogen-bond acceptors (Lipinski definition) is 2. The Morgan fingerprint density at radius 1 is 1.28 bits per heavy atom. The lowest BCUT2D eigenvalue weighted by Gasteiger charge is -2.51. The smallest absolute Gasteiger partial charge is 0.0831 e. The van der Waals surface area contributed by atoms with Crippen LogP contribution in [-0.4, -0.2) is 12.1 Å². The first kappa shape index (κ1) is 12.2. The zero-order valence-electron chi connectivity index (χ0n) is 11.4.